The summed E-state index contributed by atoms with van der Waals surface area (Å²) in [6.45, 7) is 3.29. The van der Waals surface area contributed by atoms with Gasteiger partial charge in [-0.15, -0.1) is 10.2 Å². The van der Waals surface area contributed by atoms with Crippen LogP contribution < -0.4 is 24.7 Å². The van der Waals surface area contributed by atoms with Crippen molar-refractivity contribution < 1.29 is 46.1 Å². The minimum atomic E-state index is -5.03. The average molecular weight is 969 g/mol. The third-order valence-corrected chi connectivity index (χ3v) is 14.4. The molecular weight excluding hydrogens is 917 g/mol. The molecule has 68 heavy (non-hydrogen) atoms. The number of aromatic amines is 1. The van der Waals surface area contributed by atoms with Crippen LogP contribution in [-0.4, -0.2) is 119 Å². The van der Waals surface area contributed by atoms with Gasteiger partial charge in [0.2, 0.25) is 25.9 Å². The number of aliphatic hydroxyl groups excluding tert-OH is 1. The van der Waals surface area contributed by atoms with Crippen LogP contribution >= 0.6 is 0 Å². The highest BCUT2D eigenvalue weighted by Crippen LogP contribution is 2.43. The van der Waals surface area contributed by atoms with Gasteiger partial charge in [-0.1, -0.05) is 54.6 Å². The summed E-state index contributed by atoms with van der Waals surface area (Å²) in [7, 11) is -5.40. The third kappa shape index (κ3) is 10.8. The molecule has 0 aliphatic heterocycles. The van der Waals surface area contributed by atoms with E-state index in [2.05, 4.69) is 30.1 Å². The lowest BCUT2D eigenvalue weighted by Crippen LogP contribution is -2.50. The van der Waals surface area contributed by atoms with Crippen LogP contribution in [-0.2, 0) is 39.7 Å². The number of nitrogen functional groups attached to an aromatic ring is 1. The zero-order valence-corrected chi connectivity index (χ0v) is 39.7. The summed E-state index contributed by atoms with van der Waals surface area (Å²) in [4.78, 5) is 20.4. The maximum Gasteiger partial charge on any atom is 0.407 e. The molecule has 7 aromatic rings. The number of nitrogens with one attached hydrogen (secondary N) is 2. The van der Waals surface area contributed by atoms with Crippen LogP contribution in [0.3, 0.4) is 0 Å². The number of benzene rings is 5. The van der Waals surface area contributed by atoms with Crippen LogP contribution in [0.5, 0.6) is 17.2 Å². The molecule has 1 amide bonds. The van der Waals surface area contributed by atoms with Crippen LogP contribution in [0.1, 0.15) is 37.5 Å². The van der Waals surface area contributed by atoms with Gasteiger partial charge in [0.15, 0.2) is 5.95 Å². The van der Waals surface area contributed by atoms with Gasteiger partial charge in [0, 0.05) is 30.7 Å². The first-order chi connectivity index (χ1) is 32.3. The molecule has 2 heterocycles. The molecule has 7 rings (SSSR count). The second-order valence-corrected chi connectivity index (χ2v) is 20.3. The number of ether oxygens (including phenoxy) is 3. The number of imidazole rings is 1. The quantitative estimate of drug-likeness (QED) is 0.0684. The number of H-pyrrole nitrogens is 1. The highest BCUT2D eigenvalue weighted by molar-refractivity contribution is 7.92. The lowest BCUT2D eigenvalue weighted by Gasteiger charge is -2.34. The van der Waals surface area contributed by atoms with Crippen molar-refractivity contribution in [3.63, 3.8) is 0 Å². The molecular formula is C46H52N10O10S2. The number of sulfonamides is 2. The number of β-amino-alcohol motifs (C(OH)–C–C–N with tert-alkyl or cyclic N) is 1. The number of carboxylic acid groups (broad SMARTS) is 1. The van der Waals surface area contributed by atoms with E-state index in [-0.39, 0.29) is 42.5 Å². The van der Waals surface area contributed by atoms with Crippen molar-refractivity contribution in [3.8, 4) is 39.8 Å². The number of amides is 1. The van der Waals surface area contributed by atoms with Gasteiger partial charge in [0.1, 0.15) is 27.0 Å². The third-order valence-electron chi connectivity index (χ3n) is 11.0. The van der Waals surface area contributed by atoms with Gasteiger partial charge in [-0.25, -0.2) is 31.3 Å². The number of nitrogens with two attached hydrogens (primary N) is 1. The number of aliphatic hydroxyl groups is 1. The normalized spacial score (nSPS) is 12.6. The average Bonchev–Trinajstić information content (AvgIpc) is 3.95. The molecule has 0 fully saturated rings. The molecule has 1 atom stereocenters. The Balaban J connectivity index is 1.47. The smallest absolute Gasteiger partial charge is 0.407 e. The Morgan fingerprint density at radius 2 is 1.37 bits per heavy atom. The van der Waals surface area contributed by atoms with E-state index >= 15 is 8.42 Å². The van der Waals surface area contributed by atoms with E-state index < -0.39 is 60.7 Å². The Morgan fingerprint density at radius 1 is 0.809 bits per heavy atom. The van der Waals surface area contributed by atoms with Crippen molar-refractivity contribution in [1.29, 1.82) is 0 Å². The van der Waals surface area contributed by atoms with Crippen LogP contribution in [0, 0.1) is 0 Å². The monoisotopic (exact) mass is 968 g/mol. The van der Waals surface area contributed by atoms with Crippen molar-refractivity contribution in [2.24, 2.45) is 0 Å². The number of hydrogen-bond acceptors (Lipinski definition) is 14. The van der Waals surface area contributed by atoms with E-state index in [1.165, 1.54) is 25.1 Å². The lowest BCUT2D eigenvalue weighted by molar-refractivity contribution is 0.0577. The molecule has 22 heteroatoms. The molecule has 0 aliphatic rings. The van der Waals surface area contributed by atoms with Crippen molar-refractivity contribution >= 4 is 43.1 Å². The second-order valence-electron chi connectivity index (χ2n) is 16.7. The molecule has 5 aromatic carbocycles. The summed E-state index contributed by atoms with van der Waals surface area (Å²) in [5, 5.41) is 34.4. The van der Waals surface area contributed by atoms with E-state index in [1.807, 2.05) is 0 Å². The number of carbonyl (C=O) groups is 1. The zero-order chi connectivity index (χ0) is 49.0. The van der Waals surface area contributed by atoms with Crippen LogP contribution in [0.2, 0.25) is 0 Å². The number of methoxy groups -OCH3 is 3. The van der Waals surface area contributed by atoms with Crippen molar-refractivity contribution in [2.75, 3.05) is 40.2 Å². The Morgan fingerprint density at radius 3 is 1.90 bits per heavy atom. The molecule has 0 spiro atoms. The summed E-state index contributed by atoms with van der Waals surface area (Å²) in [6.07, 6.45) is -2.88. The molecule has 0 radical (unpaired) electrons. The van der Waals surface area contributed by atoms with Gasteiger partial charge < -0.3 is 40.0 Å². The van der Waals surface area contributed by atoms with E-state index in [9.17, 15) is 23.4 Å². The molecule has 358 valence electrons. The standard InChI is InChI=1S/C46H52N10O10S2/c1-46(2,3)55(45(58)59)28-32(57)24-48-67(60,61)39-23-22-36(37-8-7-9-38-41(37)50-44(47)49-38)40(43-51-53-56(52-43)27-31-14-20-35(66-6)21-15-31)42(39)68(62,63)54(25-29-10-16-33(64-4)17-11-29)26-30-12-18-34(65-5)19-13-30/h7-23,32,48,57H,24-28H2,1-6H3,(H,58,59)(H3,47,49,50)/t32-/m0/s1. The molecule has 0 saturated carbocycles. The Bertz CT molecular complexity index is 3070. The number of rotatable bonds is 19. The lowest BCUT2D eigenvalue weighted by atomic mass is 9.98. The molecule has 0 unspecified atom stereocenters. The van der Waals surface area contributed by atoms with Crippen LogP contribution in [0.4, 0.5) is 10.7 Å². The van der Waals surface area contributed by atoms with Crippen molar-refractivity contribution in [3.05, 3.63) is 120 Å². The van der Waals surface area contributed by atoms with E-state index in [4.69, 9.17) is 19.9 Å². The number of anilines is 1. The Kier molecular flexibility index (Phi) is 14.4. The summed E-state index contributed by atoms with van der Waals surface area (Å²) >= 11 is 0. The topological polar surface area (TPSA) is 270 Å². The number of tetrazole rings is 1. The number of fused-ring (bicyclic) bond motifs is 1. The van der Waals surface area contributed by atoms with E-state index in [0.717, 1.165) is 20.8 Å². The Hall–Kier alpha value is -7.11. The summed E-state index contributed by atoms with van der Waals surface area (Å²) in [5.41, 5.74) is 8.14. The van der Waals surface area contributed by atoms with Gasteiger partial charge in [-0.2, -0.15) is 9.10 Å². The second kappa shape index (κ2) is 20.0. The maximum atomic E-state index is 16.1. The fourth-order valence-corrected chi connectivity index (χ4v) is 11.0. The SMILES string of the molecule is COc1ccc(CN(Cc2ccc(OC)cc2)S(=O)(=O)c2c(S(=O)(=O)NC[C@H](O)CN(C(=O)O)C(C)(C)C)ccc(-c3cccc4[nH]c(N)nc34)c2-c2nnn(Cc3ccc(OC)cc3)n2)cc1. The van der Waals surface area contributed by atoms with Gasteiger partial charge in [-0.05, 0) is 96.8 Å². The largest absolute Gasteiger partial charge is 0.497 e. The minimum Gasteiger partial charge on any atom is -0.497 e. The highest BCUT2D eigenvalue weighted by Gasteiger charge is 2.39. The molecule has 20 nitrogen and oxygen atoms in total. The van der Waals surface area contributed by atoms with Gasteiger partial charge in [0.05, 0.1) is 57.1 Å². The highest BCUT2D eigenvalue weighted by atomic mass is 32.2. The summed E-state index contributed by atoms with van der Waals surface area (Å²) in [5.74, 6) is 1.50. The number of para-hydroxylation sites is 1. The molecule has 6 N–H and O–H groups in total. The van der Waals surface area contributed by atoms with Gasteiger partial charge >= 0.3 is 6.09 Å². The Labute approximate surface area is 393 Å². The number of nitrogens with zero attached hydrogens (tertiary/aromatic N) is 7. The summed E-state index contributed by atoms with van der Waals surface area (Å²) < 4.78 is 81.4. The number of aromatic nitrogens is 6. The molecule has 2 aromatic heterocycles. The fourth-order valence-electron chi connectivity index (χ4n) is 7.47. The predicted octanol–water partition coefficient (Wildman–Crippen LogP) is 5.35. The first-order valence-electron chi connectivity index (χ1n) is 21.1. The first-order valence-corrected chi connectivity index (χ1v) is 24.0. The zero-order valence-electron chi connectivity index (χ0n) is 38.1. The van der Waals surface area contributed by atoms with E-state index in [0.29, 0.717) is 45.0 Å². The van der Waals surface area contributed by atoms with Gasteiger partial charge in [0.25, 0.3) is 0 Å². The minimum absolute atomic E-state index is 0.0745. The van der Waals surface area contributed by atoms with Crippen molar-refractivity contribution in [1.82, 2.24) is 44.1 Å². The molecule has 0 bridgehead atoms. The number of hydrogen-bond donors (Lipinski definition) is 5. The van der Waals surface area contributed by atoms with Crippen LogP contribution in [0.15, 0.2) is 113 Å². The maximum absolute atomic E-state index is 16.1. The molecule has 0 saturated heterocycles. The van der Waals surface area contributed by atoms with E-state index in [1.54, 1.807) is 119 Å². The van der Waals surface area contributed by atoms with Gasteiger partial charge in [-0.3, -0.25) is 0 Å². The van der Waals surface area contributed by atoms with Crippen LogP contribution in [0.25, 0.3) is 33.5 Å². The first kappa shape index (κ1) is 48.8. The predicted molar refractivity (Wildman–Crippen MR) is 253 cm³/mol. The summed E-state index contributed by atoms with van der Waals surface area (Å²) in [6, 6.07) is 28.3. The molecule has 0 aliphatic carbocycles. The van der Waals surface area contributed by atoms with Crippen molar-refractivity contribution in [2.45, 2.75) is 61.8 Å². The fraction of sp³-hybridized carbons (Fsp3) is 0.283.